The first kappa shape index (κ1) is 4.09. The maximum atomic E-state index is 3.29. The molecule has 0 amide bonds. The number of hydrogen-bond acceptors (Lipinski definition) is 1. The molecule has 5 heavy (non-hydrogen) atoms. The maximum Gasteiger partial charge on any atom is 0.0896 e. The average molecular weight is 201 g/mol. The van der Waals surface area contributed by atoms with Crippen molar-refractivity contribution in [3.63, 3.8) is 0 Å². The van der Waals surface area contributed by atoms with Crippen molar-refractivity contribution in [3.8, 4) is 0 Å². The van der Waals surface area contributed by atoms with Gasteiger partial charge in [-0.2, -0.15) is 0 Å². The van der Waals surface area contributed by atoms with E-state index in [1.54, 1.807) is 0 Å². The fourth-order valence-corrected chi connectivity index (χ4v) is 1.02. The normalized spacial score (nSPS) is 49.2. The first-order valence-corrected chi connectivity index (χ1v) is 3.18. The Morgan fingerprint density at radius 3 is 1.40 bits per heavy atom. The van der Waals surface area contributed by atoms with Gasteiger partial charge in [0, 0.05) is 0 Å². The molecule has 2 atom stereocenters. The Morgan fingerprint density at radius 2 is 1.40 bits per heavy atom. The van der Waals surface area contributed by atoms with Gasteiger partial charge in [0.05, 0.1) is 9.90 Å². The molecule has 0 aromatic heterocycles. The van der Waals surface area contributed by atoms with E-state index in [4.69, 9.17) is 0 Å². The lowest BCUT2D eigenvalue weighted by molar-refractivity contribution is 1.30. The Labute approximate surface area is 47.4 Å². The van der Waals surface area contributed by atoms with Crippen molar-refractivity contribution in [2.75, 3.05) is 0 Å². The van der Waals surface area contributed by atoms with E-state index in [1.165, 1.54) is 0 Å². The topological polar surface area (TPSA) is 21.9 Å². The summed E-state index contributed by atoms with van der Waals surface area (Å²) in [6.45, 7) is 0. The predicted molar refractivity (Wildman–Crippen MR) is 28.6 cm³/mol. The van der Waals surface area contributed by atoms with Crippen molar-refractivity contribution in [2.24, 2.45) is 0 Å². The summed E-state index contributed by atoms with van der Waals surface area (Å²) in [6, 6.07) is 0. The van der Waals surface area contributed by atoms with Crippen molar-refractivity contribution in [2.45, 2.75) is 9.90 Å². The van der Waals surface area contributed by atoms with Crippen LogP contribution in [-0.4, -0.2) is 9.90 Å². The Balaban J connectivity index is 2.20. The number of nitrogens with one attached hydrogen (secondary N) is 1. The summed E-state index contributed by atoms with van der Waals surface area (Å²) >= 11 is 6.58. The zero-order valence-corrected chi connectivity index (χ0v) is 5.58. The van der Waals surface area contributed by atoms with E-state index < -0.39 is 0 Å². The number of rotatable bonds is 0. The smallest absolute Gasteiger partial charge is 0.0896 e. The van der Waals surface area contributed by atoms with Crippen LogP contribution in [0.1, 0.15) is 0 Å². The minimum absolute atomic E-state index is 0.530. The minimum Gasteiger partial charge on any atom is -0.288 e. The molecule has 0 aromatic rings. The van der Waals surface area contributed by atoms with Crippen LogP contribution in [0, 0.1) is 0 Å². The van der Waals surface area contributed by atoms with Crippen molar-refractivity contribution in [1.82, 2.24) is 5.32 Å². The standard InChI is InChI=1S/C2H3Br2N/c3-1-2(4)5-1/h1-2,5H. The molecule has 30 valence electrons. The molecule has 1 aliphatic heterocycles. The van der Waals surface area contributed by atoms with E-state index >= 15 is 0 Å². The van der Waals surface area contributed by atoms with Gasteiger partial charge in [-0.3, -0.25) is 5.32 Å². The van der Waals surface area contributed by atoms with Crippen molar-refractivity contribution < 1.29 is 0 Å². The molecule has 2 unspecified atom stereocenters. The zero-order valence-electron chi connectivity index (χ0n) is 2.41. The van der Waals surface area contributed by atoms with Gasteiger partial charge in [-0.25, -0.2) is 0 Å². The van der Waals surface area contributed by atoms with Crippen LogP contribution in [0.5, 0.6) is 0 Å². The first-order valence-electron chi connectivity index (χ1n) is 1.35. The van der Waals surface area contributed by atoms with Crippen LogP contribution in [0.2, 0.25) is 0 Å². The number of hydrogen-bond donors (Lipinski definition) is 1. The molecule has 1 N–H and O–H groups in total. The van der Waals surface area contributed by atoms with Gasteiger partial charge in [0.15, 0.2) is 0 Å². The Morgan fingerprint density at radius 1 is 1.20 bits per heavy atom. The second-order valence-corrected chi connectivity index (χ2v) is 2.94. The molecule has 0 saturated carbocycles. The van der Waals surface area contributed by atoms with Crippen LogP contribution in [0.15, 0.2) is 0 Å². The van der Waals surface area contributed by atoms with E-state index in [0.29, 0.717) is 9.90 Å². The molecule has 1 aliphatic rings. The Hall–Kier alpha value is 0.920. The maximum absolute atomic E-state index is 3.29. The minimum atomic E-state index is 0.530. The second kappa shape index (κ2) is 1.21. The van der Waals surface area contributed by atoms with Gasteiger partial charge in [-0.1, -0.05) is 31.9 Å². The van der Waals surface area contributed by atoms with Gasteiger partial charge in [0.2, 0.25) is 0 Å². The molecular formula is C2H3Br2N. The second-order valence-electron chi connectivity index (χ2n) is 0.970. The summed E-state index contributed by atoms with van der Waals surface area (Å²) in [5, 5.41) is 3.03. The highest BCUT2D eigenvalue weighted by Gasteiger charge is 2.29. The monoisotopic (exact) mass is 199 g/mol. The lowest BCUT2D eigenvalue weighted by Crippen LogP contribution is -1.67. The van der Waals surface area contributed by atoms with E-state index in [-0.39, 0.29) is 0 Å². The van der Waals surface area contributed by atoms with Crippen LogP contribution in [0.3, 0.4) is 0 Å². The quantitative estimate of drug-likeness (QED) is 0.352. The summed E-state index contributed by atoms with van der Waals surface area (Å²) < 4.78 is 0. The highest BCUT2D eigenvalue weighted by molar-refractivity contribution is 9.12. The van der Waals surface area contributed by atoms with E-state index in [1.807, 2.05) is 0 Å². The molecule has 0 aromatic carbocycles. The number of halogens is 2. The summed E-state index contributed by atoms with van der Waals surface area (Å²) in [7, 11) is 0. The van der Waals surface area contributed by atoms with E-state index in [2.05, 4.69) is 37.2 Å². The average Bonchev–Trinajstić information content (AvgIpc) is 1.79. The molecule has 0 spiro atoms. The number of alkyl halides is 2. The Bertz CT molecular complexity index is 40.9. The summed E-state index contributed by atoms with van der Waals surface area (Å²) in [4.78, 5) is 1.06. The third-order valence-electron chi connectivity index (χ3n) is 0.466. The van der Waals surface area contributed by atoms with Gasteiger partial charge in [0.25, 0.3) is 0 Å². The molecule has 0 radical (unpaired) electrons. The van der Waals surface area contributed by atoms with Gasteiger partial charge >= 0.3 is 0 Å². The molecule has 0 bridgehead atoms. The largest absolute Gasteiger partial charge is 0.288 e. The molecule has 3 heteroatoms. The van der Waals surface area contributed by atoms with E-state index in [0.717, 1.165) is 0 Å². The van der Waals surface area contributed by atoms with Gasteiger partial charge in [-0.05, 0) is 0 Å². The lowest BCUT2D eigenvalue weighted by Gasteiger charge is -1.57. The van der Waals surface area contributed by atoms with Crippen LogP contribution in [-0.2, 0) is 0 Å². The van der Waals surface area contributed by atoms with Crippen molar-refractivity contribution in [3.05, 3.63) is 0 Å². The molecule has 1 rings (SSSR count). The fourth-order valence-electron chi connectivity index (χ4n) is 0.0965. The molecule has 1 heterocycles. The van der Waals surface area contributed by atoms with Crippen LogP contribution in [0.25, 0.3) is 0 Å². The SMILES string of the molecule is BrC1NC1Br. The van der Waals surface area contributed by atoms with Crippen molar-refractivity contribution >= 4 is 31.9 Å². The molecule has 0 aliphatic carbocycles. The molecular weight excluding hydrogens is 198 g/mol. The predicted octanol–water partition coefficient (Wildman–Crippen LogP) is 1.03. The fraction of sp³-hybridized carbons (Fsp3) is 1.00. The molecule has 1 nitrogen and oxygen atoms in total. The third-order valence-corrected chi connectivity index (χ3v) is 2.76. The van der Waals surface area contributed by atoms with E-state index in [9.17, 15) is 0 Å². The highest BCUT2D eigenvalue weighted by Crippen LogP contribution is 2.21. The highest BCUT2D eigenvalue weighted by atomic mass is 79.9. The van der Waals surface area contributed by atoms with Crippen molar-refractivity contribution in [1.29, 1.82) is 0 Å². The lowest BCUT2D eigenvalue weighted by atomic mass is 11.0. The van der Waals surface area contributed by atoms with Gasteiger partial charge in [-0.15, -0.1) is 0 Å². The van der Waals surface area contributed by atoms with Crippen LogP contribution >= 0.6 is 31.9 Å². The van der Waals surface area contributed by atoms with Crippen LogP contribution in [0.4, 0.5) is 0 Å². The summed E-state index contributed by atoms with van der Waals surface area (Å²) in [5.74, 6) is 0. The van der Waals surface area contributed by atoms with Gasteiger partial charge in [0.1, 0.15) is 0 Å². The molecule has 1 fully saturated rings. The summed E-state index contributed by atoms with van der Waals surface area (Å²) in [5.41, 5.74) is 0. The molecule has 1 saturated heterocycles. The third kappa shape index (κ3) is 0.876. The summed E-state index contributed by atoms with van der Waals surface area (Å²) in [6.07, 6.45) is 0. The zero-order chi connectivity index (χ0) is 3.86. The van der Waals surface area contributed by atoms with Crippen LogP contribution < -0.4 is 5.32 Å². The Kier molecular flexibility index (Phi) is 0.986. The first-order chi connectivity index (χ1) is 2.30. The van der Waals surface area contributed by atoms with Gasteiger partial charge < -0.3 is 0 Å².